The first-order valence-electron chi connectivity index (χ1n) is 11.4. The zero-order valence-corrected chi connectivity index (χ0v) is 20.1. The molecule has 0 radical (unpaired) electrons. The highest BCUT2D eigenvalue weighted by molar-refractivity contribution is 5.92. The zero-order chi connectivity index (χ0) is 23.5. The van der Waals surface area contributed by atoms with E-state index in [4.69, 9.17) is 4.74 Å². The predicted molar refractivity (Wildman–Crippen MR) is 144 cm³/mol. The number of halogens is 1. The van der Waals surface area contributed by atoms with E-state index < -0.39 is 0 Å². The van der Waals surface area contributed by atoms with Crippen LogP contribution < -0.4 is 10.1 Å². The molecule has 3 heterocycles. The Balaban J connectivity index is 0.00000267. The Morgan fingerprint density at radius 1 is 0.778 bits per heavy atom. The van der Waals surface area contributed by atoms with Crippen molar-refractivity contribution in [1.29, 1.82) is 0 Å². The van der Waals surface area contributed by atoms with Crippen molar-refractivity contribution < 1.29 is 4.74 Å². The maximum absolute atomic E-state index is 5.91. The Morgan fingerprint density at radius 3 is 2.36 bits per heavy atom. The van der Waals surface area contributed by atoms with E-state index in [0.29, 0.717) is 18.3 Å². The van der Waals surface area contributed by atoms with Gasteiger partial charge in [0.1, 0.15) is 18.8 Å². The molecule has 1 N–H and O–H groups in total. The van der Waals surface area contributed by atoms with Gasteiger partial charge in [0.25, 0.3) is 0 Å². The highest BCUT2D eigenvalue weighted by Crippen LogP contribution is 2.27. The molecule has 8 heteroatoms. The molecule has 3 aromatic carbocycles. The van der Waals surface area contributed by atoms with E-state index in [0.717, 1.165) is 39.6 Å². The molecule has 0 saturated carbocycles. The summed E-state index contributed by atoms with van der Waals surface area (Å²) < 4.78 is 7.92. The summed E-state index contributed by atoms with van der Waals surface area (Å²) in [5.41, 5.74) is 5.03. The summed E-state index contributed by atoms with van der Waals surface area (Å²) in [4.78, 5) is 13.2. The van der Waals surface area contributed by atoms with Gasteiger partial charge in [0.05, 0.1) is 30.0 Å². The van der Waals surface area contributed by atoms with Crippen molar-refractivity contribution in [3.8, 4) is 5.88 Å². The molecule has 3 aromatic heterocycles. The Hall–Kier alpha value is -4.49. The van der Waals surface area contributed by atoms with E-state index in [-0.39, 0.29) is 12.4 Å². The monoisotopic (exact) mass is 494 g/mol. The van der Waals surface area contributed by atoms with E-state index in [1.165, 1.54) is 11.9 Å². The van der Waals surface area contributed by atoms with Gasteiger partial charge in [-0.05, 0) is 29.3 Å². The van der Waals surface area contributed by atoms with Crippen molar-refractivity contribution in [2.45, 2.75) is 13.2 Å². The Morgan fingerprint density at radius 2 is 1.56 bits per heavy atom. The molecule has 6 rings (SSSR count). The molecule has 0 amide bonds. The van der Waals surface area contributed by atoms with Crippen LogP contribution in [0.3, 0.4) is 0 Å². The first kappa shape index (κ1) is 23.3. The number of nitrogens with zero attached hydrogens (tertiary/aromatic N) is 5. The number of hydrogen-bond donors (Lipinski definition) is 1. The fourth-order valence-corrected chi connectivity index (χ4v) is 4.03. The molecule has 0 bridgehead atoms. The molecular formula is C28H23ClN6O. The van der Waals surface area contributed by atoms with Crippen LogP contribution in [0.2, 0.25) is 0 Å². The molecule has 0 atom stereocenters. The van der Waals surface area contributed by atoms with Crippen molar-refractivity contribution >= 4 is 45.7 Å². The molecule has 7 nitrogen and oxygen atoms in total. The lowest BCUT2D eigenvalue weighted by Crippen LogP contribution is -2.01. The Kier molecular flexibility index (Phi) is 6.73. The lowest BCUT2D eigenvalue weighted by atomic mass is 10.2. The summed E-state index contributed by atoms with van der Waals surface area (Å²) in [5.74, 6) is 1.22. The standard InChI is InChI=1S/C28H22N6O.ClH/c1-3-7-20(8-4-1)17-34-26-12-11-23(13-22(26)15-32-34)33-28-24-14-27(29-16-25(24)30-19-31-28)35-18-21-9-5-2-6-10-21;/h1-16,19H,17-18H2,(H,30,31,33);1H. The molecule has 0 unspecified atom stereocenters. The number of anilines is 2. The van der Waals surface area contributed by atoms with Gasteiger partial charge in [-0.25, -0.2) is 15.0 Å². The molecule has 6 aromatic rings. The molecular weight excluding hydrogens is 472 g/mol. The normalized spacial score (nSPS) is 10.8. The van der Waals surface area contributed by atoms with Crippen LogP contribution in [0.1, 0.15) is 11.1 Å². The molecule has 0 fully saturated rings. The minimum absolute atomic E-state index is 0. The summed E-state index contributed by atoms with van der Waals surface area (Å²) in [6.07, 6.45) is 5.13. The third-order valence-corrected chi connectivity index (χ3v) is 5.81. The summed E-state index contributed by atoms with van der Waals surface area (Å²) in [7, 11) is 0. The lowest BCUT2D eigenvalue weighted by molar-refractivity contribution is 0.294. The van der Waals surface area contributed by atoms with Gasteiger partial charge in [-0.3, -0.25) is 4.68 Å². The number of hydrogen-bond acceptors (Lipinski definition) is 6. The summed E-state index contributed by atoms with van der Waals surface area (Å²) in [5, 5.41) is 9.90. The molecule has 0 aliphatic carbocycles. The quantitative estimate of drug-likeness (QED) is 0.286. The van der Waals surface area contributed by atoms with E-state index in [1.54, 1.807) is 6.20 Å². The van der Waals surface area contributed by atoms with Crippen molar-refractivity contribution in [2.75, 3.05) is 5.32 Å². The van der Waals surface area contributed by atoms with Crippen molar-refractivity contribution in [3.05, 3.63) is 115 Å². The third kappa shape index (κ3) is 4.96. The van der Waals surface area contributed by atoms with Crippen LogP contribution in [0.5, 0.6) is 5.88 Å². The average Bonchev–Trinajstić information content (AvgIpc) is 3.30. The second-order valence-electron chi connectivity index (χ2n) is 8.22. The van der Waals surface area contributed by atoms with Gasteiger partial charge in [0.15, 0.2) is 0 Å². The molecule has 36 heavy (non-hydrogen) atoms. The molecule has 0 aliphatic rings. The number of pyridine rings is 1. The second-order valence-corrected chi connectivity index (χ2v) is 8.22. The lowest BCUT2D eigenvalue weighted by Gasteiger charge is -2.10. The first-order valence-corrected chi connectivity index (χ1v) is 11.4. The van der Waals surface area contributed by atoms with Gasteiger partial charge < -0.3 is 10.1 Å². The predicted octanol–water partition coefficient (Wildman–Crippen LogP) is 6.17. The molecule has 0 saturated heterocycles. The number of ether oxygens (including phenoxy) is 1. The topological polar surface area (TPSA) is 77.8 Å². The second kappa shape index (κ2) is 10.4. The highest BCUT2D eigenvalue weighted by Gasteiger charge is 2.10. The van der Waals surface area contributed by atoms with Crippen LogP contribution in [0.15, 0.2) is 104 Å². The van der Waals surface area contributed by atoms with Crippen LogP contribution in [0.25, 0.3) is 21.8 Å². The maximum atomic E-state index is 5.91. The number of aromatic nitrogens is 5. The van der Waals surface area contributed by atoms with Gasteiger partial charge >= 0.3 is 0 Å². The fourth-order valence-electron chi connectivity index (χ4n) is 4.03. The van der Waals surface area contributed by atoms with Crippen molar-refractivity contribution in [1.82, 2.24) is 24.7 Å². The molecule has 178 valence electrons. The molecule has 0 aliphatic heterocycles. The summed E-state index contributed by atoms with van der Waals surface area (Å²) in [6.45, 7) is 1.17. The SMILES string of the molecule is Cl.c1ccc(COc2cc3c(Nc4ccc5c(cnn5Cc5ccccc5)c4)ncnc3cn2)cc1. The highest BCUT2D eigenvalue weighted by atomic mass is 35.5. The van der Waals surface area contributed by atoms with E-state index in [9.17, 15) is 0 Å². The minimum atomic E-state index is 0. The van der Waals surface area contributed by atoms with Gasteiger partial charge in [-0.2, -0.15) is 5.10 Å². The van der Waals surface area contributed by atoms with E-state index in [1.807, 2.05) is 71.5 Å². The smallest absolute Gasteiger partial charge is 0.214 e. The van der Waals surface area contributed by atoms with Crippen LogP contribution in [0.4, 0.5) is 11.5 Å². The van der Waals surface area contributed by atoms with Crippen molar-refractivity contribution in [2.24, 2.45) is 0 Å². The van der Waals surface area contributed by atoms with Gasteiger partial charge in [0, 0.05) is 22.5 Å². The number of rotatable bonds is 7. The number of nitrogens with one attached hydrogen (secondary N) is 1. The van der Waals surface area contributed by atoms with Gasteiger partial charge in [0.2, 0.25) is 5.88 Å². The van der Waals surface area contributed by atoms with Gasteiger partial charge in [-0.1, -0.05) is 60.7 Å². The van der Waals surface area contributed by atoms with E-state index in [2.05, 4.69) is 49.6 Å². The van der Waals surface area contributed by atoms with Crippen molar-refractivity contribution in [3.63, 3.8) is 0 Å². The minimum Gasteiger partial charge on any atom is -0.473 e. The van der Waals surface area contributed by atoms with Crippen LogP contribution >= 0.6 is 12.4 Å². The van der Waals surface area contributed by atoms with Gasteiger partial charge in [-0.15, -0.1) is 12.4 Å². The summed E-state index contributed by atoms with van der Waals surface area (Å²) in [6, 6.07) is 28.4. The number of fused-ring (bicyclic) bond motifs is 2. The molecule has 0 spiro atoms. The van der Waals surface area contributed by atoms with Crippen LogP contribution in [-0.2, 0) is 13.2 Å². The van der Waals surface area contributed by atoms with Crippen LogP contribution in [-0.4, -0.2) is 24.7 Å². The Bertz CT molecular complexity index is 1610. The maximum Gasteiger partial charge on any atom is 0.214 e. The zero-order valence-electron chi connectivity index (χ0n) is 19.3. The third-order valence-electron chi connectivity index (χ3n) is 5.81. The Labute approximate surface area is 214 Å². The summed E-state index contributed by atoms with van der Waals surface area (Å²) >= 11 is 0. The van der Waals surface area contributed by atoms with E-state index >= 15 is 0 Å². The van der Waals surface area contributed by atoms with Crippen LogP contribution in [0, 0.1) is 0 Å². The average molecular weight is 495 g/mol. The number of benzene rings is 3. The fraction of sp³-hybridized carbons (Fsp3) is 0.0714. The first-order chi connectivity index (χ1) is 17.3. The largest absolute Gasteiger partial charge is 0.473 e.